The molecule has 2 rings (SSSR count). The van der Waals surface area contributed by atoms with Crippen LogP contribution < -0.4 is 0 Å². The smallest absolute Gasteiger partial charge is 0.0125 e. The number of likely N-dealkylation sites (tertiary alicyclic amines) is 1. The van der Waals surface area contributed by atoms with E-state index in [1.54, 1.807) is 0 Å². The van der Waals surface area contributed by atoms with Gasteiger partial charge in [-0.2, -0.15) is 0 Å². The van der Waals surface area contributed by atoms with Crippen LogP contribution in [-0.2, 0) is 0 Å². The largest absolute Gasteiger partial charge is 0.300 e. The molecule has 1 saturated heterocycles. The molecule has 2 fully saturated rings. The molecule has 52 valence electrons. The van der Waals surface area contributed by atoms with Gasteiger partial charge < -0.3 is 4.90 Å². The second-order valence-corrected chi connectivity index (χ2v) is 3.52. The molecule has 0 N–H and O–H groups in total. The Morgan fingerprint density at radius 1 is 1.22 bits per heavy atom. The minimum absolute atomic E-state index is 0.993. The highest BCUT2D eigenvalue weighted by Crippen LogP contribution is 2.36. The summed E-state index contributed by atoms with van der Waals surface area (Å²) in [6.45, 7) is 5.13. The van der Waals surface area contributed by atoms with Crippen molar-refractivity contribution in [1.82, 2.24) is 4.90 Å². The van der Waals surface area contributed by atoms with Crippen LogP contribution in [0.5, 0.6) is 0 Å². The first-order valence-corrected chi connectivity index (χ1v) is 4.12. The lowest BCUT2D eigenvalue weighted by atomic mass is 10.4. The fraction of sp³-hybridized carbons (Fsp3) is 1.00. The SMILES string of the molecule is CC1CC1N1CCCC1. The molecule has 2 atom stereocenters. The van der Waals surface area contributed by atoms with Crippen molar-refractivity contribution in [2.24, 2.45) is 5.92 Å². The van der Waals surface area contributed by atoms with E-state index >= 15 is 0 Å². The highest BCUT2D eigenvalue weighted by molar-refractivity contribution is 4.93. The Hall–Kier alpha value is -0.0400. The highest BCUT2D eigenvalue weighted by Gasteiger charge is 2.38. The molecule has 0 spiro atoms. The van der Waals surface area contributed by atoms with Crippen LogP contribution >= 0.6 is 0 Å². The molecule has 1 heterocycles. The van der Waals surface area contributed by atoms with E-state index in [-0.39, 0.29) is 0 Å². The number of rotatable bonds is 1. The van der Waals surface area contributed by atoms with E-state index in [0.29, 0.717) is 0 Å². The second-order valence-electron chi connectivity index (χ2n) is 3.52. The van der Waals surface area contributed by atoms with Gasteiger partial charge in [0.15, 0.2) is 0 Å². The molecular formula is C8H15N. The zero-order valence-corrected chi connectivity index (χ0v) is 6.14. The lowest BCUT2D eigenvalue weighted by molar-refractivity contribution is 0.315. The van der Waals surface area contributed by atoms with Gasteiger partial charge in [-0.15, -0.1) is 0 Å². The summed E-state index contributed by atoms with van der Waals surface area (Å²) in [5, 5.41) is 0. The van der Waals surface area contributed by atoms with Gasteiger partial charge in [-0.1, -0.05) is 6.92 Å². The third kappa shape index (κ3) is 0.983. The van der Waals surface area contributed by atoms with Crippen molar-refractivity contribution in [1.29, 1.82) is 0 Å². The van der Waals surface area contributed by atoms with E-state index in [1.807, 2.05) is 0 Å². The Morgan fingerprint density at radius 2 is 1.78 bits per heavy atom. The first-order chi connectivity index (χ1) is 4.38. The van der Waals surface area contributed by atoms with Crippen LogP contribution in [0.4, 0.5) is 0 Å². The summed E-state index contributed by atoms with van der Waals surface area (Å²) < 4.78 is 0. The first-order valence-electron chi connectivity index (χ1n) is 4.12. The van der Waals surface area contributed by atoms with E-state index in [9.17, 15) is 0 Å². The van der Waals surface area contributed by atoms with Gasteiger partial charge in [0.1, 0.15) is 0 Å². The third-order valence-electron chi connectivity index (χ3n) is 2.68. The van der Waals surface area contributed by atoms with Crippen LogP contribution in [0.1, 0.15) is 26.2 Å². The van der Waals surface area contributed by atoms with Crippen molar-refractivity contribution in [2.75, 3.05) is 13.1 Å². The van der Waals surface area contributed by atoms with Crippen molar-refractivity contribution in [2.45, 2.75) is 32.2 Å². The molecule has 0 amide bonds. The minimum Gasteiger partial charge on any atom is -0.300 e. The zero-order valence-electron chi connectivity index (χ0n) is 6.14. The molecule has 1 aliphatic heterocycles. The van der Waals surface area contributed by atoms with Gasteiger partial charge in [-0.3, -0.25) is 0 Å². The average molecular weight is 125 g/mol. The zero-order chi connectivity index (χ0) is 6.27. The molecule has 0 aromatic heterocycles. The predicted octanol–water partition coefficient (Wildman–Crippen LogP) is 1.49. The number of hydrogen-bond acceptors (Lipinski definition) is 1. The molecular weight excluding hydrogens is 110 g/mol. The van der Waals surface area contributed by atoms with E-state index in [0.717, 1.165) is 12.0 Å². The Bertz CT molecular complexity index is 105. The fourth-order valence-corrected chi connectivity index (χ4v) is 1.88. The first kappa shape index (κ1) is 5.72. The maximum atomic E-state index is 2.66. The van der Waals surface area contributed by atoms with E-state index < -0.39 is 0 Å². The summed E-state index contributed by atoms with van der Waals surface area (Å²) in [6, 6.07) is 0.993. The third-order valence-corrected chi connectivity index (χ3v) is 2.68. The van der Waals surface area contributed by atoms with Crippen LogP contribution in [-0.4, -0.2) is 24.0 Å². The Kier molecular flexibility index (Phi) is 1.26. The summed E-state index contributed by atoms with van der Waals surface area (Å²) >= 11 is 0. The fourth-order valence-electron chi connectivity index (χ4n) is 1.88. The molecule has 0 aromatic rings. The second kappa shape index (κ2) is 1.98. The Labute approximate surface area is 57.0 Å². The van der Waals surface area contributed by atoms with Crippen molar-refractivity contribution in [3.63, 3.8) is 0 Å². The summed E-state index contributed by atoms with van der Waals surface area (Å²) in [4.78, 5) is 2.66. The van der Waals surface area contributed by atoms with Gasteiger partial charge in [0.2, 0.25) is 0 Å². The molecule has 2 unspecified atom stereocenters. The van der Waals surface area contributed by atoms with Gasteiger partial charge in [0.25, 0.3) is 0 Å². The van der Waals surface area contributed by atoms with Gasteiger partial charge >= 0.3 is 0 Å². The molecule has 0 radical (unpaired) electrons. The normalized spacial score (nSPS) is 43.7. The highest BCUT2D eigenvalue weighted by atomic mass is 15.2. The Balaban J connectivity index is 1.85. The van der Waals surface area contributed by atoms with Gasteiger partial charge in [0.05, 0.1) is 0 Å². The van der Waals surface area contributed by atoms with Gasteiger partial charge in [-0.25, -0.2) is 0 Å². The number of nitrogens with zero attached hydrogens (tertiary/aromatic N) is 1. The average Bonchev–Trinajstić information content (AvgIpc) is 2.44. The standard InChI is InChI=1S/C8H15N/c1-7-6-8(7)9-4-2-3-5-9/h7-8H,2-6H2,1H3. The maximum absolute atomic E-state index is 2.66. The quantitative estimate of drug-likeness (QED) is 0.513. The van der Waals surface area contributed by atoms with Crippen LogP contribution in [0.3, 0.4) is 0 Å². The van der Waals surface area contributed by atoms with Crippen LogP contribution in [0.15, 0.2) is 0 Å². The summed E-state index contributed by atoms with van der Waals surface area (Å²) in [7, 11) is 0. The summed E-state index contributed by atoms with van der Waals surface area (Å²) in [5.41, 5.74) is 0. The van der Waals surface area contributed by atoms with E-state index in [4.69, 9.17) is 0 Å². The summed E-state index contributed by atoms with van der Waals surface area (Å²) in [5.74, 6) is 1.02. The summed E-state index contributed by atoms with van der Waals surface area (Å²) in [6.07, 6.45) is 4.37. The monoisotopic (exact) mass is 125 g/mol. The van der Waals surface area contributed by atoms with Crippen LogP contribution in [0.2, 0.25) is 0 Å². The van der Waals surface area contributed by atoms with Crippen molar-refractivity contribution in [3.05, 3.63) is 0 Å². The van der Waals surface area contributed by atoms with Crippen LogP contribution in [0.25, 0.3) is 0 Å². The molecule has 1 aliphatic carbocycles. The minimum atomic E-state index is 0.993. The molecule has 0 aromatic carbocycles. The Morgan fingerprint density at radius 3 is 2.22 bits per heavy atom. The molecule has 1 heteroatoms. The molecule has 1 saturated carbocycles. The maximum Gasteiger partial charge on any atom is 0.0125 e. The van der Waals surface area contributed by atoms with Gasteiger partial charge in [0, 0.05) is 6.04 Å². The molecule has 9 heavy (non-hydrogen) atoms. The van der Waals surface area contributed by atoms with E-state index in [1.165, 1.54) is 32.4 Å². The molecule has 0 bridgehead atoms. The van der Waals surface area contributed by atoms with Crippen molar-refractivity contribution < 1.29 is 0 Å². The van der Waals surface area contributed by atoms with Crippen molar-refractivity contribution >= 4 is 0 Å². The van der Waals surface area contributed by atoms with E-state index in [2.05, 4.69) is 11.8 Å². The van der Waals surface area contributed by atoms with Crippen molar-refractivity contribution in [3.8, 4) is 0 Å². The molecule has 2 aliphatic rings. The van der Waals surface area contributed by atoms with Crippen LogP contribution in [0, 0.1) is 5.92 Å². The number of hydrogen-bond donors (Lipinski definition) is 0. The molecule has 1 nitrogen and oxygen atoms in total. The lowest BCUT2D eigenvalue weighted by Crippen LogP contribution is -2.22. The topological polar surface area (TPSA) is 3.24 Å². The predicted molar refractivity (Wildman–Crippen MR) is 38.4 cm³/mol. The lowest BCUT2D eigenvalue weighted by Gasteiger charge is -2.12. The van der Waals surface area contributed by atoms with Gasteiger partial charge in [-0.05, 0) is 38.3 Å².